The van der Waals surface area contributed by atoms with Gasteiger partial charge in [0.2, 0.25) is 17.7 Å². The molecule has 158 valence electrons. The molecule has 6 rings (SSSR count). The molecule has 0 saturated carbocycles. The van der Waals surface area contributed by atoms with Gasteiger partial charge >= 0.3 is 0 Å². The topological polar surface area (TPSA) is 69.7 Å². The van der Waals surface area contributed by atoms with E-state index in [-0.39, 0.29) is 23.8 Å². The number of rotatable bonds is 1. The molecule has 0 aliphatic carbocycles. The number of amides is 3. The average molecular weight is 480 g/mol. The third-order valence-electron chi connectivity index (χ3n) is 7.53. The third kappa shape index (κ3) is 2.23. The van der Waals surface area contributed by atoms with Crippen molar-refractivity contribution < 1.29 is 14.4 Å². The molecule has 6 nitrogen and oxygen atoms in total. The second-order valence-corrected chi connectivity index (χ2v) is 10.0. The Balaban J connectivity index is 1.57. The summed E-state index contributed by atoms with van der Waals surface area (Å²) in [4.78, 5) is 44.7. The van der Waals surface area contributed by atoms with Crippen molar-refractivity contribution in [2.45, 2.75) is 38.3 Å². The molecule has 31 heavy (non-hydrogen) atoms. The van der Waals surface area contributed by atoms with Gasteiger partial charge in [-0.15, -0.1) is 0 Å². The van der Waals surface area contributed by atoms with Crippen LogP contribution in [0.25, 0.3) is 0 Å². The molecule has 4 heterocycles. The third-order valence-corrected chi connectivity index (χ3v) is 8.06. The number of nitrogens with zero attached hydrogens (tertiary/aromatic N) is 2. The van der Waals surface area contributed by atoms with Crippen LogP contribution in [0.5, 0.6) is 0 Å². The molecule has 2 aromatic rings. The van der Waals surface area contributed by atoms with E-state index in [1.54, 1.807) is 12.1 Å². The SMILES string of the molecule is Cc1cc(C)c2c(c1)[C@]1(C(=O)N2)[C@@H]2C(=O)N(c3ccc(Br)cc3)C(=O)[C@H]2[C@@H]2CCCN21. The molecule has 0 bridgehead atoms. The van der Waals surface area contributed by atoms with Crippen LogP contribution in [-0.4, -0.2) is 35.2 Å². The summed E-state index contributed by atoms with van der Waals surface area (Å²) < 4.78 is 0.879. The van der Waals surface area contributed by atoms with Crippen LogP contribution < -0.4 is 10.2 Å². The Morgan fingerprint density at radius 2 is 1.81 bits per heavy atom. The Bertz CT molecular complexity index is 1180. The number of carbonyl (C=O) groups excluding carboxylic acids is 3. The first kappa shape index (κ1) is 19.2. The molecule has 4 atom stereocenters. The zero-order chi connectivity index (χ0) is 21.7. The van der Waals surface area contributed by atoms with Gasteiger partial charge in [-0.3, -0.25) is 19.3 Å². The zero-order valence-electron chi connectivity index (χ0n) is 17.3. The molecular weight excluding hydrogens is 458 g/mol. The van der Waals surface area contributed by atoms with E-state index in [4.69, 9.17) is 0 Å². The second kappa shape index (κ2) is 6.26. The first-order valence-electron chi connectivity index (χ1n) is 10.7. The summed E-state index contributed by atoms with van der Waals surface area (Å²) in [5, 5.41) is 3.08. The van der Waals surface area contributed by atoms with Crippen molar-refractivity contribution in [1.29, 1.82) is 0 Å². The lowest BCUT2D eigenvalue weighted by Gasteiger charge is -2.36. The van der Waals surface area contributed by atoms with Gasteiger partial charge in [0, 0.05) is 21.8 Å². The van der Waals surface area contributed by atoms with E-state index in [1.165, 1.54) is 4.90 Å². The number of hydrogen-bond donors (Lipinski definition) is 1. The number of halogens is 1. The van der Waals surface area contributed by atoms with Crippen molar-refractivity contribution >= 4 is 45.0 Å². The summed E-state index contributed by atoms with van der Waals surface area (Å²) in [5.41, 5.74) is 3.13. The van der Waals surface area contributed by atoms with Gasteiger partial charge in [0.15, 0.2) is 0 Å². The number of hydrogen-bond acceptors (Lipinski definition) is 4. The van der Waals surface area contributed by atoms with E-state index in [0.717, 1.165) is 46.2 Å². The van der Waals surface area contributed by atoms with Crippen molar-refractivity contribution in [2.24, 2.45) is 11.8 Å². The van der Waals surface area contributed by atoms with Gasteiger partial charge in [-0.1, -0.05) is 33.6 Å². The lowest BCUT2D eigenvalue weighted by Crippen LogP contribution is -2.54. The van der Waals surface area contributed by atoms with Crippen LogP contribution in [-0.2, 0) is 19.9 Å². The number of nitrogens with one attached hydrogen (secondary N) is 1. The molecule has 1 N–H and O–H groups in total. The molecule has 2 aromatic carbocycles. The highest BCUT2D eigenvalue weighted by Crippen LogP contribution is 2.61. The summed E-state index contributed by atoms with van der Waals surface area (Å²) in [7, 11) is 0. The van der Waals surface area contributed by atoms with Crippen LogP contribution >= 0.6 is 15.9 Å². The summed E-state index contributed by atoms with van der Waals surface area (Å²) in [6.07, 6.45) is 1.74. The minimum absolute atomic E-state index is 0.0978. The van der Waals surface area contributed by atoms with Crippen LogP contribution in [0.3, 0.4) is 0 Å². The van der Waals surface area contributed by atoms with Crippen molar-refractivity contribution in [3.63, 3.8) is 0 Å². The standard InChI is InChI=1S/C24H22BrN3O3/c1-12-10-13(2)20-16(11-12)24(23(31)26-20)19-18(17-4-3-9-27(17)24)21(29)28(22(19)30)15-7-5-14(25)6-8-15/h5-8,10-11,17-19H,3-4,9H2,1-2H3,(H,26,31)/t17-,18-,19-,24+/m0/s1. The van der Waals surface area contributed by atoms with E-state index in [9.17, 15) is 14.4 Å². The van der Waals surface area contributed by atoms with Crippen LogP contribution in [0, 0.1) is 25.7 Å². The predicted molar refractivity (Wildman–Crippen MR) is 120 cm³/mol. The lowest BCUT2D eigenvalue weighted by molar-refractivity contribution is -0.135. The van der Waals surface area contributed by atoms with Crippen molar-refractivity contribution in [3.8, 4) is 0 Å². The first-order valence-corrected chi connectivity index (χ1v) is 11.5. The van der Waals surface area contributed by atoms with Crippen molar-refractivity contribution in [1.82, 2.24) is 4.90 Å². The Morgan fingerprint density at radius 3 is 2.55 bits per heavy atom. The second-order valence-electron chi connectivity index (χ2n) is 9.12. The molecule has 0 unspecified atom stereocenters. The summed E-state index contributed by atoms with van der Waals surface area (Å²) in [6, 6.07) is 11.2. The average Bonchev–Trinajstić information content (AvgIpc) is 3.42. The zero-order valence-corrected chi connectivity index (χ0v) is 18.9. The molecule has 7 heteroatoms. The molecule has 0 radical (unpaired) electrons. The molecule has 4 aliphatic rings. The molecule has 3 fully saturated rings. The number of aryl methyl sites for hydroxylation is 2. The fourth-order valence-corrected chi connectivity index (χ4v) is 6.77. The molecular formula is C24H22BrN3O3. The van der Waals surface area contributed by atoms with Gasteiger partial charge in [-0.05, 0) is 63.1 Å². The smallest absolute Gasteiger partial charge is 0.250 e. The molecule has 0 aromatic heterocycles. The molecule has 3 amide bonds. The highest BCUT2D eigenvalue weighted by molar-refractivity contribution is 9.10. The number of anilines is 2. The number of imide groups is 1. The normalized spacial score (nSPS) is 31.4. The maximum Gasteiger partial charge on any atom is 0.250 e. The maximum absolute atomic E-state index is 13.9. The Labute approximate surface area is 188 Å². The fourth-order valence-electron chi connectivity index (χ4n) is 6.50. The van der Waals surface area contributed by atoms with Crippen LogP contribution in [0.4, 0.5) is 11.4 Å². The maximum atomic E-state index is 13.9. The largest absolute Gasteiger partial charge is 0.324 e. The van der Waals surface area contributed by atoms with Crippen LogP contribution in [0.15, 0.2) is 40.9 Å². The highest BCUT2D eigenvalue weighted by atomic mass is 79.9. The minimum atomic E-state index is -1.12. The monoisotopic (exact) mass is 479 g/mol. The van der Waals surface area contributed by atoms with Crippen molar-refractivity contribution in [2.75, 3.05) is 16.8 Å². The number of fused-ring (bicyclic) bond motifs is 7. The minimum Gasteiger partial charge on any atom is -0.324 e. The molecule has 4 aliphatic heterocycles. The Hall–Kier alpha value is -2.51. The van der Waals surface area contributed by atoms with Crippen molar-refractivity contribution in [3.05, 3.63) is 57.6 Å². The van der Waals surface area contributed by atoms with E-state index < -0.39 is 17.4 Å². The van der Waals surface area contributed by atoms with E-state index >= 15 is 0 Å². The quantitative estimate of drug-likeness (QED) is 0.635. The van der Waals surface area contributed by atoms with Gasteiger partial charge in [-0.2, -0.15) is 0 Å². The lowest BCUT2D eigenvalue weighted by atomic mass is 9.75. The van der Waals surface area contributed by atoms with E-state index in [2.05, 4.69) is 26.1 Å². The van der Waals surface area contributed by atoms with E-state index in [1.807, 2.05) is 38.1 Å². The summed E-state index contributed by atoms with van der Waals surface area (Å²) in [5.74, 6) is -1.84. The van der Waals surface area contributed by atoms with Gasteiger partial charge in [0.05, 0.1) is 17.5 Å². The summed E-state index contributed by atoms with van der Waals surface area (Å²) in [6.45, 7) is 4.71. The number of benzene rings is 2. The Morgan fingerprint density at radius 1 is 1.06 bits per heavy atom. The predicted octanol–water partition coefficient (Wildman–Crippen LogP) is 3.50. The van der Waals surface area contributed by atoms with Gasteiger partial charge in [0.1, 0.15) is 5.54 Å². The Kier molecular flexibility index (Phi) is 3.88. The van der Waals surface area contributed by atoms with Gasteiger partial charge in [0.25, 0.3) is 0 Å². The van der Waals surface area contributed by atoms with Gasteiger partial charge in [-0.25, -0.2) is 4.90 Å². The summed E-state index contributed by atoms with van der Waals surface area (Å²) >= 11 is 3.41. The van der Waals surface area contributed by atoms with E-state index in [0.29, 0.717) is 5.69 Å². The number of carbonyl (C=O) groups is 3. The molecule has 1 spiro atoms. The van der Waals surface area contributed by atoms with Crippen LogP contribution in [0.2, 0.25) is 0 Å². The molecule has 3 saturated heterocycles. The van der Waals surface area contributed by atoms with Crippen LogP contribution in [0.1, 0.15) is 29.5 Å². The fraction of sp³-hybridized carbons (Fsp3) is 0.375. The van der Waals surface area contributed by atoms with Gasteiger partial charge < -0.3 is 5.32 Å². The first-order chi connectivity index (χ1) is 14.9. The highest BCUT2D eigenvalue weighted by Gasteiger charge is 2.74.